The molecule has 0 amide bonds. The van der Waals surface area contributed by atoms with Crippen molar-refractivity contribution in [1.82, 2.24) is 9.55 Å². The van der Waals surface area contributed by atoms with Gasteiger partial charge in [0.2, 0.25) is 0 Å². The Labute approximate surface area is 188 Å². The Morgan fingerprint density at radius 3 is 2.70 bits per heavy atom. The average molecular weight is 442 g/mol. The molecule has 0 saturated carbocycles. The lowest BCUT2D eigenvalue weighted by Gasteiger charge is -2.31. The Kier molecular flexibility index (Phi) is 4.09. The number of carbonyl (C=O) groups excluding carboxylic acids is 1. The van der Waals surface area contributed by atoms with Crippen LogP contribution in [-0.2, 0) is 34.9 Å². The Balaban J connectivity index is 1.66. The summed E-state index contributed by atoms with van der Waals surface area (Å²) >= 11 is 0. The number of aryl methyl sites for hydroxylation is 1. The molecule has 0 spiro atoms. The third kappa shape index (κ3) is 2.54. The molecule has 166 valence electrons. The largest absolute Gasteiger partial charge is 0.458 e. The highest BCUT2D eigenvalue weighted by atomic mass is 16.6. The lowest BCUT2D eigenvalue weighted by molar-refractivity contribution is -0.172. The number of nitrogens with zero attached hydrogens (tertiary/aromatic N) is 2. The van der Waals surface area contributed by atoms with Gasteiger partial charge in [0.25, 0.3) is 5.56 Å². The molecular formula is C26H22N2O5. The minimum absolute atomic E-state index is 0.0444. The minimum Gasteiger partial charge on any atom is -0.458 e. The first-order valence-corrected chi connectivity index (χ1v) is 11.0. The molecule has 4 heterocycles. The van der Waals surface area contributed by atoms with Crippen LogP contribution in [-0.4, -0.2) is 25.7 Å². The summed E-state index contributed by atoms with van der Waals surface area (Å²) in [5, 5.41) is 23.7. The zero-order valence-electron chi connectivity index (χ0n) is 18.3. The van der Waals surface area contributed by atoms with E-state index in [2.05, 4.69) is 0 Å². The number of ether oxygens (including phenoxy) is 1. The summed E-state index contributed by atoms with van der Waals surface area (Å²) < 4.78 is 6.80. The number of aliphatic hydroxyl groups excluding tert-OH is 1. The van der Waals surface area contributed by atoms with Gasteiger partial charge in [-0.05, 0) is 53.4 Å². The number of aromatic nitrogens is 2. The van der Waals surface area contributed by atoms with Crippen molar-refractivity contribution in [1.29, 1.82) is 0 Å². The number of hydrogen-bond acceptors (Lipinski definition) is 6. The molecule has 33 heavy (non-hydrogen) atoms. The predicted molar refractivity (Wildman–Crippen MR) is 123 cm³/mol. The van der Waals surface area contributed by atoms with Crippen LogP contribution >= 0.6 is 0 Å². The maximum absolute atomic E-state index is 13.4. The van der Waals surface area contributed by atoms with Crippen LogP contribution in [0.5, 0.6) is 0 Å². The highest BCUT2D eigenvalue weighted by Crippen LogP contribution is 2.41. The van der Waals surface area contributed by atoms with E-state index in [0.717, 1.165) is 38.4 Å². The Hall–Kier alpha value is -3.55. The van der Waals surface area contributed by atoms with E-state index in [1.165, 1.54) is 0 Å². The predicted octanol–water partition coefficient (Wildman–Crippen LogP) is 3.03. The zero-order chi connectivity index (χ0) is 23.1. The van der Waals surface area contributed by atoms with Crippen LogP contribution in [0.15, 0.2) is 41.2 Å². The molecule has 2 N–H and O–H groups in total. The number of fused-ring (bicyclic) bond motifs is 7. The van der Waals surface area contributed by atoms with Gasteiger partial charge < -0.3 is 19.5 Å². The van der Waals surface area contributed by atoms with Gasteiger partial charge in [0.05, 0.1) is 35.6 Å². The first-order chi connectivity index (χ1) is 15.9. The van der Waals surface area contributed by atoms with Crippen molar-refractivity contribution in [3.8, 4) is 11.4 Å². The summed E-state index contributed by atoms with van der Waals surface area (Å²) in [7, 11) is 0. The number of pyridine rings is 2. The normalized spacial score (nSPS) is 18.8. The standard InChI is InChI=1S/C26H22N2O5/c1-3-26(32)19-9-21-23-17(10-28(21)24(30)18(19)12-33-25(26)31)13(2)22-16-8-14(11-29)4-5-15(16)6-7-20(22)27-23/h4-9,29,32H,3,10-12H2,1-2H3/t26-/m0/s1. The number of carbonyl (C=O) groups is 1. The van der Waals surface area contributed by atoms with Crippen molar-refractivity contribution in [3.63, 3.8) is 0 Å². The number of hydrogen-bond donors (Lipinski definition) is 2. The van der Waals surface area contributed by atoms with Crippen LogP contribution in [0.3, 0.4) is 0 Å². The van der Waals surface area contributed by atoms with Crippen LogP contribution in [0.25, 0.3) is 33.1 Å². The van der Waals surface area contributed by atoms with Crippen molar-refractivity contribution in [2.24, 2.45) is 0 Å². The second kappa shape index (κ2) is 6.73. The van der Waals surface area contributed by atoms with Crippen LogP contribution in [0.1, 0.15) is 41.2 Å². The first-order valence-electron chi connectivity index (χ1n) is 11.0. The average Bonchev–Trinajstić information content (AvgIpc) is 3.20. The highest BCUT2D eigenvalue weighted by Gasteiger charge is 2.45. The molecule has 4 aromatic rings. The van der Waals surface area contributed by atoms with Gasteiger partial charge in [0.15, 0.2) is 5.60 Å². The lowest BCUT2D eigenvalue weighted by atomic mass is 9.86. The molecule has 0 radical (unpaired) electrons. The lowest BCUT2D eigenvalue weighted by Crippen LogP contribution is -2.44. The van der Waals surface area contributed by atoms with E-state index >= 15 is 0 Å². The van der Waals surface area contributed by atoms with Gasteiger partial charge in [0, 0.05) is 16.5 Å². The maximum Gasteiger partial charge on any atom is 0.343 e. The van der Waals surface area contributed by atoms with Gasteiger partial charge in [-0.15, -0.1) is 0 Å². The fourth-order valence-corrected chi connectivity index (χ4v) is 5.27. The van der Waals surface area contributed by atoms with E-state index in [-0.39, 0.29) is 25.2 Å². The van der Waals surface area contributed by atoms with E-state index < -0.39 is 11.6 Å². The van der Waals surface area contributed by atoms with E-state index in [1.54, 1.807) is 17.6 Å². The molecule has 7 nitrogen and oxygen atoms in total. The molecule has 0 fully saturated rings. The third-order valence-electron chi connectivity index (χ3n) is 7.19. The minimum atomic E-state index is -1.84. The van der Waals surface area contributed by atoms with Gasteiger partial charge in [-0.1, -0.05) is 25.1 Å². The van der Waals surface area contributed by atoms with Crippen LogP contribution in [0, 0.1) is 6.92 Å². The van der Waals surface area contributed by atoms with Gasteiger partial charge in [-0.3, -0.25) is 4.79 Å². The molecule has 1 atom stereocenters. The molecule has 0 aliphatic carbocycles. The smallest absolute Gasteiger partial charge is 0.343 e. The van der Waals surface area contributed by atoms with Gasteiger partial charge >= 0.3 is 5.97 Å². The molecule has 0 bridgehead atoms. The van der Waals surface area contributed by atoms with Crippen molar-refractivity contribution in [2.45, 2.75) is 45.6 Å². The number of benzene rings is 2. The van der Waals surface area contributed by atoms with Gasteiger partial charge in [0.1, 0.15) is 6.61 Å². The summed E-state index contributed by atoms with van der Waals surface area (Å²) in [6.07, 6.45) is 0.109. The van der Waals surface area contributed by atoms with E-state index in [9.17, 15) is 19.8 Å². The zero-order valence-corrected chi connectivity index (χ0v) is 18.3. The van der Waals surface area contributed by atoms with E-state index in [1.807, 2.05) is 37.3 Å². The fraction of sp³-hybridized carbons (Fsp3) is 0.269. The van der Waals surface area contributed by atoms with Gasteiger partial charge in [-0.2, -0.15) is 0 Å². The molecule has 7 heteroatoms. The molecule has 0 saturated heterocycles. The number of cyclic esters (lactones) is 1. The fourth-order valence-electron chi connectivity index (χ4n) is 5.27. The van der Waals surface area contributed by atoms with Crippen molar-refractivity contribution >= 4 is 27.6 Å². The Morgan fingerprint density at radius 2 is 1.94 bits per heavy atom. The van der Waals surface area contributed by atoms with Crippen LogP contribution in [0.2, 0.25) is 0 Å². The van der Waals surface area contributed by atoms with Crippen molar-refractivity contribution in [3.05, 3.63) is 74.6 Å². The SMILES string of the molecule is CC[C@@]1(O)C(=O)OCc2c1cc1n(c2=O)Cc2c-1nc1ccc3ccc(CO)cc3c1c2C. The van der Waals surface area contributed by atoms with E-state index in [0.29, 0.717) is 29.1 Å². The first kappa shape index (κ1) is 20.1. The second-order valence-electron chi connectivity index (χ2n) is 8.84. The van der Waals surface area contributed by atoms with Crippen molar-refractivity contribution < 1.29 is 19.7 Å². The van der Waals surface area contributed by atoms with Crippen LogP contribution < -0.4 is 5.56 Å². The summed E-state index contributed by atoms with van der Waals surface area (Å²) in [6, 6.07) is 11.6. The summed E-state index contributed by atoms with van der Waals surface area (Å²) in [4.78, 5) is 30.7. The molecule has 2 aliphatic rings. The number of aliphatic hydroxyl groups is 2. The second-order valence-corrected chi connectivity index (χ2v) is 8.84. The molecule has 2 aliphatic heterocycles. The quantitative estimate of drug-likeness (QED) is 0.322. The number of esters is 1. The molecule has 2 aromatic heterocycles. The van der Waals surface area contributed by atoms with E-state index in [4.69, 9.17) is 9.72 Å². The Bertz CT molecular complexity index is 1590. The monoisotopic (exact) mass is 442 g/mol. The highest BCUT2D eigenvalue weighted by molar-refractivity contribution is 6.09. The third-order valence-corrected chi connectivity index (χ3v) is 7.19. The van der Waals surface area contributed by atoms with Crippen molar-refractivity contribution in [2.75, 3.05) is 0 Å². The summed E-state index contributed by atoms with van der Waals surface area (Å²) in [6.45, 7) is 3.89. The summed E-state index contributed by atoms with van der Waals surface area (Å²) in [5.74, 6) is -0.728. The maximum atomic E-state index is 13.4. The Morgan fingerprint density at radius 1 is 1.15 bits per heavy atom. The summed E-state index contributed by atoms with van der Waals surface area (Å²) in [5.41, 5.74) is 3.39. The van der Waals surface area contributed by atoms with Gasteiger partial charge in [-0.25, -0.2) is 9.78 Å². The number of rotatable bonds is 2. The molecule has 0 unspecified atom stereocenters. The van der Waals surface area contributed by atoms with Crippen LogP contribution in [0.4, 0.5) is 0 Å². The molecule has 2 aromatic carbocycles. The topological polar surface area (TPSA) is 102 Å². The molecule has 6 rings (SSSR count). The molecular weight excluding hydrogens is 420 g/mol.